The van der Waals surface area contributed by atoms with Gasteiger partial charge in [-0.1, -0.05) is 0 Å². The van der Waals surface area contributed by atoms with E-state index in [1.54, 1.807) is 0 Å². The Kier molecular flexibility index (Phi) is 6.49. The standard InChI is InChI=1S/C8H20N4O3S/c1-11(2)6-5-9-8(13)7-10-16(14,15)12(3)4/h10H,5-7H2,1-4H3,(H,9,13). The summed E-state index contributed by atoms with van der Waals surface area (Å²) in [5.74, 6) is -0.340. The third-order valence-electron chi connectivity index (χ3n) is 1.78. The van der Waals surface area contributed by atoms with E-state index in [1.165, 1.54) is 14.1 Å². The molecule has 0 fully saturated rings. The molecular weight excluding hydrogens is 232 g/mol. The SMILES string of the molecule is CN(C)CCNC(=O)CNS(=O)(=O)N(C)C. The molecule has 0 aromatic carbocycles. The molecule has 0 rings (SSSR count). The maximum absolute atomic E-state index is 11.2. The Hall–Kier alpha value is -0.700. The molecule has 0 atom stereocenters. The Balaban J connectivity index is 3.83. The lowest BCUT2D eigenvalue weighted by Crippen LogP contribution is -2.43. The van der Waals surface area contributed by atoms with Crippen LogP contribution in [0.2, 0.25) is 0 Å². The van der Waals surface area contributed by atoms with E-state index in [0.29, 0.717) is 13.1 Å². The predicted molar refractivity (Wildman–Crippen MR) is 62.2 cm³/mol. The van der Waals surface area contributed by atoms with Gasteiger partial charge in [0.15, 0.2) is 0 Å². The van der Waals surface area contributed by atoms with Crippen molar-refractivity contribution in [3.8, 4) is 0 Å². The van der Waals surface area contributed by atoms with E-state index >= 15 is 0 Å². The zero-order valence-corrected chi connectivity index (χ0v) is 11.0. The monoisotopic (exact) mass is 252 g/mol. The lowest BCUT2D eigenvalue weighted by molar-refractivity contribution is -0.120. The second-order valence-corrected chi connectivity index (χ2v) is 5.73. The second-order valence-electron chi connectivity index (χ2n) is 3.76. The average molecular weight is 252 g/mol. The number of hydrogen-bond acceptors (Lipinski definition) is 4. The van der Waals surface area contributed by atoms with Crippen LogP contribution in [0.4, 0.5) is 0 Å². The van der Waals surface area contributed by atoms with Gasteiger partial charge in [0.1, 0.15) is 0 Å². The average Bonchev–Trinajstić information content (AvgIpc) is 2.14. The Labute approximate surface area is 97.0 Å². The first kappa shape index (κ1) is 15.3. The van der Waals surface area contributed by atoms with Gasteiger partial charge in [-0.2, -0.15) is 17.4 Å². The predicted octanol–water partition coefficient (Wildman–Crippen LogP) is -1.94. The van der Waals surface area contributed by atoms with Crippen molar-refractivity contribution in [1.82, 2.24) is 19.2 Å². The number of nitrogens with zero attached hydrogens (tertiary/aromatic N) is 2. The molecule has 7 nitrogen and oxygen atoms in total. The van der Waals surface area contributed by atoms with Crippen LogP contribution in [0.3, 0.4) is 0 Å². The van der Waals surface area contributed by atoms with Gasteiger partial charge in [0, 0.05) is 27.2 Å². The van der Waals surface area contributed by atoms with Crippen molar-refractivity contribution in [1.29, 1.82) is 0 Å². The van der Waals surface area contributed by atoms with Crippen molar-refractivity contribution in [2.45, 2.75) is 0 Å². The highest BCUT2D eigenvalue weighted by Crippen LogP contribution is 1.86. The molecule has 0 aliphatic rings. The Morgan fingerprint density at radius 2 is 1.75 bits per heavy atom. The zero-order chi connectivity index (χ0) is 12.8. The number of carbonyl (C=O) groups excluding carboxylic acids is 1. The first-order valence-electron chi connectivity index (χ1n) is 4.84. The Morgan fingerprint density at radius 3 is 2.19 bits per heavy atom. The van der Waals surface area contributed by atoms with Crippen LogP contribution in [0.25, 0.3) is 0 Å². The molecular formula is C8H20N4O3S. The summed E-state index contributed by atoms with van der Waals surface area (Å²) in [6.45, 7) is 0.968. The van der Waals surface area contributed by atoms with Crippen LogP contribution in [-0.2, 0) is 15.0 Å². The Morgan fingerprint density at radius 1 is 1.19 bits per heavy atom. The first-order valence-corrected chi connectivity index (χ1v) is 6.28. The largest absolute Gasteiger partial charge is 0.354 e. The molecule has 0 radical (unpaired) electrons. The number of amides is 1. The van der Waals surface area contributed by atoms with Gasteiger partial charge in [0.05, 0.1) is 6.54 Å². The van der Waals surface area contributed by atoms with Gasteiger partial charge in [-0.15, -0.1) is 0 Å². The van der Waals surface area contributed by atoms with Gasteiger partial charge in [0.25, 0.3) is 10.2 Å². The van der Waals surface area contributed by atoms with Crippen LogP contribution < -0.4 is 10.0 Å². The third kappa shape index (κ3) is 6.72. The quantitative estimate of drug-likeness (QED) is 0.552. The van der Waals surface area contributed by atoms with Crippen molar-refractivity contribution in [2.75, 3.05) is 47.8 Å². The first-order chi connectivity index (χ1) is 7.25. The molecule has 0 aliphatic heterocycles. The summed E-state index contributed by atoms with van der Waals surface area (Å²) in [5, 5.41) is 2.60. The van der Waals surface area contributed by atoms with Crippen molar-refractivity contribution in [2.24, 2.45) is 0 Å². The minimum absolute atomic E-state index is 0.242. The zero-order valence-electron chi connectivity index (χ0n) is 10.1. The van der Waals surface area contributed by atoms with E-state index in [-0.39, 0.29) is 12.5 Å². The van der Waals surface area contributed by atoms with Gasteiger partial charge in [-0.05, 0) is 14.1 Å². The molecule has 0 saturated heterocycles. The highest BCUT2D eigenvalue weighted by atomic mass is 32.2. The maximum Gasteiger partial charge on any atom is 0.279 e. The molecule has 0 aromatic heterocycles. The van der Waals surface area contributed by atoms with Crippen molar-refractivity contribution < 1.29 is 13.2 Å². The molecule has 0 aliphatic carbocycles. The van der Waals surface area contributed by atoms with Crippen molar-refractivity contribution in [3.05, 3.63) is 0 Å². The second kappa shape index (κ2) is 6.79. The summed E-state index contributed by atoms with van der Waals surface area (Å²) < 4.78 is 25.7. The molecule has 2 N–H and O–H groups in total. The van der Waals surface area contributed by atoms with Crippen LogP contribution in [-0.4, -0.2) is 71.4 Å². The van der Waals surface area contributed by atoms with E-state index in [2.05, 4.69) is 10.0 Å². The highest BCUT2D eigenvalue weighted by molar-refractivity contribution is 7.87. The molecule has 1 amide bonds. The molecule has 0 heterocycles. The lowest BCUT2D eigenvalue weighted by Gasteiger charge is -2.13. The Bertz CT molecular complexity index is 313. The molecule has 16 heavy (non-hydrogen) atoms. The van der Waals surface area contributed by atoms with Crippen molar-refractivity contribution >= 4 is 16.1 Å². The number of likely N-dealkylation sites (N-methyl/N-ethyl adjacent to an activating group) is 1. The highest BCUT2D eigenvalue weighted by Gasteiger charge is 2.13. The summed E-state index contributed by atoms with van der Waals surface area (Å²) in [6, 6.07) is 0. The molecule has 96 valence electrons. The van der Waals surface area contributed by atoms with Gasteiger partial charge >= 0.3 is 0 Å². The van der Waals surface area contributed by atoms with Crippen LogP contribution in [0.1, 0.15) is 0 Å². The molecule has 0 bridgehead atoms. The molecule has 0 unspecified atom stereocenters. The van der Waals surface area contributed by atoms with E-state index in [0.717, 1.165) is 4.31 Å². The van der Waals surface area contributed by atoms with Crippen LogP contribution >= 0.6 is 0 Å². The van der Waals surface area contributed by atoms with Crippen LogP contribution in [0.15, 0.2) is 0 Å². The maximum atomic E-state index is 11.2. The molecule has 8 heteroatoms. The summed E-state index contributed by atoms with van der Waals surface area (Å²) in [4.78, 5) is 13.1. The van der Waals surface area contributed by atoms with Gasteiger partial charge in [0.2, 0.25) is 5.91 Å². The minimum Gasteiger partial charge on any atom is -0.354 e. The fourth-order valence-electron chi connectivity index (χ4n) is 0.767. The fourth-order valence-corrected chi connectivity index (χ4v) is 1.34. The minimum atomic E-state index is -3.52. The van der Waals surface area contributed by atoms with Crippen molar-refractivity contribution in [3.63, 3.8) is 0 Å². The van der Waals surface area contributed by atoms with Gasteiger partial charge in [-0.3, -0.25) is 4.79 Å². The number of hydrogen-bond donors (Lipinski definition) is 2. The summed E-state index contributed by atoms with van der Waals surface area (Å²) in [6.07, 6.45) is 0. The smallest absolute Gasteiger partial charge is 0.279 e. The summed E-state index contributed by atoms with van der Waals surface area (Å²) in [5.41, 5.74) is 0. The van der Waals surface area contributed by atoms with E-state index in [9.17, 15) is 13.2 Å². The lowest BCUT2D eigenvalue weighted by atomic mass is 10.5. The topological polar surface area (TPSA) is 81.8 Å². The fraction of sp³-hybridized carbons (Fsp3) is 0.875. The number of rotatable bonds is 7. The number of carbonyl (C=O) groups is 1. The third-order valence-corrected chi connectivity index (χ3v) is 3.25. The normalized spacial score (nSPS) is 12.1. The number of nitrogens with one attached hydrogen (secondary N) is 2. The van der Waals surface area contributed by atoms with Crippen LogP contribution in [0, 0.1) is 0 Å². The van der Waals surface area contributed by atoms with Gasteiger partial charge in [-0.25, -0.2) is 0 Å². The summed E-state index contributed by atoms with van der Waals surface area (Å²) in [7, 11) is 3.05. The molecule has 0 spiro atoms. The van der Waals surface area contributed by atoms with Crippen LogP contribution in [0.5, 0.6) is 0 Å². The molecule has 0 aromatic rings. The van der Waals surface area contributed by atoms with E-state index < -0.39 is 10.2 Å². The summed E-state index contributed by atoms with van der Waals surface area (Å²) >= 11 is 0. The van der Waals surface area contributed by atoms with E-state index in [4.69, 9.17) is 0 Å². The molecule has 0 saturated carbocycles. The van der Waals surface area contributed by atoms with E-state index in [1.807, 2.05) is 19.0 Å². The van der Waals surface area contributed by atoms with Gasteiger partial charge < -0.3 is 10.2 Å².